The van der Waals surface area contributed by atoms with Crippen LogP contribution in [0.5, 0.6) is 0 Å². The minimum Gasteiger partial charge on any atom is -0.338 e. The van der Waals surface area contributed by atoms with Crippen molar-refractivity contribution in [1.29, 1.82) is 0 Å². The number of carbonyl (C=O) groups is 1. The molecule has 1 aliphatic heterocycles. The van der Waals surface area contributed by atoms with Crippen LogP contribution < -0.4 is 0 Å². The smallest absolute Gasteiger partial charge is 0.225 e. The molecule has 4 aromatic rings. The van der Waals surface area contributed by atoms with Gasteiger partial charge in [-0.3, -0.25) is 14.6 Å². The van der Waals surface area contributed by atoms with E-state index in [1.54, 1.807) is 6.20 Å². The number of benzene rings is 2. The summed E-state index contributed by atoms with van der Waals surface area (Å²) in [7, 11) is 1.91. The predicted octanol–water partition coefficient (Wildman–Crippen LogP) is 3.90. The minimum atomic E-state index is 0.273. The van der Waals surface area contributed by atoms with Gasteiger partial charge in [-0.15, -0.1) is 0 Å². The SMILES string of the molecule is Cn1nc(-c2ccc3c(c2)CCN(C(=O)C2CC2)C3)nc1Cc1ccc2[nH]ncc2c1Cl. The van der Waals surface area contributed by atoms with Gasteiger partial charge in [0.05, 0.1) is 16.7 Å². The highest BCUT2D eigenvalue weighted by Crippen LogP contribution is 2.33. The first-order valence-electron chi connectivity index (χ1n) is 11.0. The van der Waals surface area contributed by atoms with E-state index in [0.717, 1.165) is 53.7 Å². The number of hydrogen-bond acceptors (Lipinski definition) is 4. The first kappa shape index (κ1) is 19.5. The van der Waals surface area contributed by atoms with E-state index in [0.29, 0.717) is 29.7 Å². The highest BCUT2D eigenvalue weighted by atomic mass is 35.5. The molecule has 1 aliphatic carbocycles. The summed E-state index contributed by atoms with van der Waals surface area (Å²) in [4.78, 5) is 19.2. The van der Waals surface area contributed by atoms with Crippen LogP contribution in [-0.2, 0) is 31.2 Å². The molecule has 0 radical (unpaired) electrons. The van der Waals surface area contributed by atoms with Gasteiger partial charge in [-0.05, 0) is 48.1 Å². The second-order valence-corrected chi connectivity index (χ2v) is 9.17. The predicted molar refractivity (Wildman–Crippen MR) is 122 cm³/mol. The van der Waals surface area contributed by atoms with Crippen LogP contribution in [0.4, 0.5) is 0 Å². The molecule has 2 aliphatic rings. The molecular weight excluding hydrogens is 424 g/mol. The van der Waals surface area contributed by atoms with Crippen molar-refractivity contribution >= 4 is 28.4 Å². The molecule has 162 valence electrons. The first-order chi connectivity index (χ1) is 15.6. The summed E-state index contributed by atoms with van der Waals surface area (Å²) in [6, 6.07) is 10.4. The van der Waals surface area contributed by atoms with Crippen molar-refractivity contribution < 1.29 is 4.79 Å². The molecule has 1 saturated carbocycles. The molecule has 0 spiro atoms. The number of amides is 1. The molecule has 0 saturated heterocycles. The summed E-state index contributed by atoms with van der Waals surface area (Å²) in [5.41, 5.74) is 5.43. The lowest BCUT2D eigenvalue weighted by atomic mass is 9.96. The summed E-state index contributed by atoms with van der Waals surface area (Å²) >= 11 is 6.60. The number of aromatic amines is 1. The molecule has 0 unspecified atom stereocenters. The topological polar surface area (TPSA) is 79.7 Å². The van der Waals surface area contributed by atoms with Crippen molar-refractivity contribution in [2.75, 3.05) is 6.54 Å². The van der Waals surface area contributed by atoms with Gasteiger partial charge in [0.2, 0.25) is 5.91 Å². The second kappa shape index (κ2) is 7.45. The highest BCUT2D eigenvalue weighted by Gasteiger charge is 2.34. The van der Waals surface area contributed by atoms with Crippen LogP contribution in [0.1, 0.15) is 35.4 Å². The fourth-order valence-corrected chi connectivity index (χ4v) is 4.78. The van der Waals surface area contributed by atoms with Crippen molar-refractivity contribution in [3.63, 3.8) is 0 Å². The molecule has 3 heterocycles. The van der Waals surface area contributed by atoms with Crippen LogP contribution >= 0.6 is 11.6 Å². The molecular formula is C24H23ClN6O. The molecule has 2 aromatic heterocycles. The molecule has 7 nitrogen and oxygen atoms in total. The van der Waals surface area contributed by atoms with Gasteiger partial charge < -0.3 is 4.90 Å². The quantitative estimate of drug-likeness (QED) is 0.515. The van der Waals surface area contributed by atoms with Crippen molar-refractivity contribution in [3.05, 3.63) is 64.1 Å². The van der Waals surface area contributed by atoms with Gasteiger partial charge in [0.15, 0.2) is 5.82 Å². The Labute approximate surface area is 190 Å². The summed E-state index contributed by atoms with van der Waals surface area (Å²) in [5.74, 6) is 2.16. The van der Waals surface area contributed by atoms with Crippen LogP contribution in [0.25, 0.3) is 22.3 Å². The van der Waals surface area contributed by atoms with Gasteiger partial charge in [0.25, 0.3) is 0 Å². The van der Waals surface area contributed by atoms with E-state index >= 15 is 0 Å². The van der Waals surface area contributed by atoms with Crippen molar-refractivity contribution in [2.24, 2.45) is 13.0 Å². The zero-order chi connectivity index (χ0) is 21.8. The molecule has 0 atom stereocenters. The number of fused-ring (bicyclic) bond motifs is 2. The summed E-state index contributed by atoms with van der Waals surface area (Å²) in [5, 5.41) is 13.3. The van der Waals surface area contributed by atoms with Gasteiger partial charge in [-0.1, -0.05) is 29.8 Å². The maximum atomic E-state index is 12.4. The number of H-pyrrole nitrogens is 1. The number of aryl methyl sites for hydroxylation is 1. The van der Waals surface area contributed by atoms with Crippen LogP contribution in [0, 0.1) is 5.92 Å². The fraction of sp³-hybridized carbons (Fsp3) is 0.333. The standard InChI is InChI=1S/C24H23ClN6O/c1-30-21(11-16-6-7-20-19(22(16)25)12-26-28-20)27-23(29-30)17-4-5-18-13-31(9-8-15(18)10-17)24(32)14-2-3-14/h4-7,10,12,14H,2-3,8-9,11,13H2,1H3,(H,26,28). The largest absolute Gasteiger partial charge is 0.338 e. The number of rotatable bonds is 4. The molecule has 2 aromatic carbocycles. The molecule has 8 heteroatoms. The van der Waals surface area contributed by atoms with E-state index in [1.807, 2.05) is 28.8 Å². The zero-order valence-corrected chi connectivity index (χ0v) is 18.6. The summed E-state index contributed by atoms with van der Waals surface area (Å²) < 4.78 is 1.82. The Morgan fingerprint density at radius 1 is 1.22 bits per heavy atom. The molecule has 0 bridgehead atoms. The second-order valence-electron chi connectivity index (χ2n) is 8.79. The number of hydrogen-bond donors (Lipinski definition) is 1. The number of nitrogens with one attached hydrogen (secondary N) is 1. The van der Waals surface area contributed by atoms with Gasteiger partial charge >= 0.3 is 0 Å². The van der Waals surface area contributed by atoms with E-state index < -0.39 is 0 Å². The third-order valence-electron chi connectivity index (χ3n) is 6.56. The third kappa shape index (κ3) is 3.37. The Kier molecular flexibility index (Phi) is 4.54. The van der Waals surface area contributed by atoms with E-state index in [1.165, 1.54) is 11.1 Å². The summed E-state index contributed by atoms with van der Waals surface area (Å²) in [6.45, 7) is 1.50. The van der Waals surface area contributed by atoms with Gasteiger partial charge in [-0.25, -0.2) is 4.98 Å². The van der Waals surface area contributed by atoms with Gasteiger partial charge in [0, 0.05) is 43.4 Å². The summed E-state index contributed by atoms with van der Waals surface area (Å²) in [6.07, 6.45) is 5.32. The maximum absolute atomic E-state index is 12.4. The lowest BCUT2D eigenvalue weighted by Crippen LogP contribution is -2.36. The number of halogens is 1. The zero-order valence-electron chi connectivity index (χ0n) is 17.8. The van der Waals surface area contributed by atoms with Gasteiger partial charge in [-0.2, -0.15) is 10.2 Å². The van der Waals surface area contributed by atoms with Crippen molar-refractivity contribution in [1.82, 2.24) is 29.9 Å². The lowest BCUT2D eigenvalue weighted by molar-refractivity contribution is -0.133. The molecule has 1 fully saturated rings. The first-order valence-corrected chi connectivity index (χ1v) is 11.4. The fourth-order valence-electron chi connectivity index (χ4n) is 4.50. The number of nitrogens with zero attached hydrogens (tertiary/aromatic N) is 5. The average molecular weight is 447 g/mol. The Bertz CT molecular complexity index is 1350. The third-order valence-corrected chi connectivity index (χ3v) is 7.00. The Hall–Kier alpha value is -3.19. The minimum absolute atomic E-state index is 0.273. The molecule has 32 heavy (non-hydrogen) atoms. The van der Waals surface area contributed by atoms with Crippen LogP contribution in [0.2, 0.25) is 5.02 Å². The monoisotopic (exact) mass is 446 g/mol. The molecule has 1 N–H and O–H groups in total. The molecule has 6 rings (SSSR count). The Morgan fingerprint density at radius 3 is 2.94 bits per heavy atom. The van der Waals surface area contributed by atoms with E-state index in [-0.39, 0.29) is 5.92 Å². The van der Waals surface area contributed by atoms with E-state index in [9.17, 15) is 4.79 Å². The normalized spacial score (nSPS) is 15.9. The van der Waals surface area contributed by atoms with E-state index in [4.69, 9.17) is 16.6 Å². The van der Waals surface area contributed by atoms with Crippen LogP contribution in [0.15, 0.2) is 36.5 Å². The van der Waals surface area contributed by atoms with Gasteiger partial charge in [0.1, 0.15) is 5.82 Å². The van der Waals surface area contributed by atoms with Crippen LogP contribution in [0.3, 0.4) is 0 Å². The lowest BCUT2D eigenvalue weighted by Gasteiger charge is -2.29. The van der Waals surface area contributed by atoms with E-state index in [2.05, 4.69) is 33.5 Å². The van der Waals surface area contributed by atoms with Crippen LogP contribution in [-0.4, -0.2) is 42.3 Å². The maximum Gasteiger partial charge on any atom is 0.225 e. The number of carbonyl (C=O) groups excluding carboxylic acids is 1. The molecule has 1 amide bonds. The average Bonchev–Trinajstić information content (AvgIpc) is 3.43. The Balaban J connectivity index is 1.25. The van der Waals surface area contributed by atoms with Crippen molar-refractivity contribution in [2.45, 2.75) is 32.2 Å². The number of aromatic nitrogens is 5. The van der Waals surface area contributed by atoms with Crippen molar-refractivity contribution in [3.8, 4) is 11.4 Å². The Morgan fingerprint density at radius 2 is 2.09 bits per heavy atom. The highest BCUT2D eigenvalue weighted by molar-refractivity contribution is 6.36.